The molecular formula is C9H16O. The fraction of sp³-hybridized carbons (Fsp3) is 0.778. The summed E-state index contributed by atoms with van der Waals surface area (Å²) >= 11 is 0. The Kier molecular flexibility index (Phi) is 2.50. The fourth-order valence-electron chi connectivity index (χ4n) is 1.64. The largest absolute Gasteiger partial charge is 0.386 e. The molecule has 0 bridgehead atoms. The van der Waals surface area contributed by atoms with Gasteiger partial charge in [-0.15, -0.1) is 0 Å². The van der Waals surface area contributed by atoms with Crippen LogP contribution in [0.15, 0.2) is 12.2 Å². The van der Waals surface area contributed by atoms with Gasteiger partial charge in [-0.05, 0) is 19.8 Å². The molecule has 1 aliphatic carbocycles. The van der Waals surface area contributed by atoms with E-state index in [4.69, 9.17) is 0 Å². The van der Waals surface area contributed by atoms with Crippen LogP contribution in [0.4, 0.5) is 0 Å². The Hall–Kier alpha value is -0.300. The lowest BCUT2D eigenvalue weighted by atomic mass is 9.85. The molecule has 0 aromatic carbocycles. The average Bonchev–Trinajstić information content (AvgIpc) is 1.89. The van der Waals surface area contributed by atoms with Crippen molar-refractivity contribution in [2.75, 3.05) is 0 Å². The van der Waals surface area contributed by atoms with E-state index in [1.165, 1.54) is 19.3 Å². The van der Waals surface area contributed by atoms with Crippen LogP contribution in [0, 0.1) is 0 Å². The lowest BCUT2D eigenvalue weighted by molar-refractivity contribution is 0.0512. The van der Waals surface area contributed by atoms with E-state index in [1.807, 2.05) is 19.1 Å². The van der Waals surface area contributed by atoms with Crippen molar-refractivity contribution >= 4 is 0 Å². The van der Waals surface area contributed by atoms with E-state index in [-0.39, 0.29) is 0 Å². The van der Waals surface area contributed by atoms with Crippen LogP contribution in [0.1, 0.15) is 39.0 Å². The van der Waals surface area contributed by atoms with Gasteiger partial charge >= 0.3 is 0 Å². The maximum Gasteiger partial charge on any atom is 0.0827 e. The van der Waals surface area contributed by atoms with Crippen LogP contribution >= 0.6 is 0 Å². The van der Waals surface area contributed by atoms with E-state index in [0.717, 1.165) is 12.8 Å². The Morgan fingerprint density at radius 1 is 1.20 bits per heavy atom. The van der Waals surface area contributed by atoms with Gasteiger partial charge in [0.25, 0.3) is 0 Å². The number of hydrogen-bond acceptors (Lipinski definition) is 1. The Morgan fingerprint density at radius 2 is 1.80 bits per heavy atom. The molecule has 10 heavy (non-hydrogen) atoms. The van der Waals surface area contributed by atoms with Crippen molar-refractivity contribution in [1.29, 1.82) is 0 Å². The van der Waals surface area contributed by atoms with Gasteiger partial charge in [-0.25, -0.2) is 0 Å². The standard InChI is InChI=1S/C9H16O/c1-2-6-9(10)7-4-3-5-8-9/h2,6,10H,3-5,7-8H2,1H3/b6-2+. The second-order valence-corrected chi connectivity index (χ2v) is 3.16. The van der Waals surface area contributed by atoms with Gasteiger partial charge in [-0.1, -0.05) is 31.4 Å². The maximum absolute atomic E-state index is 9.78. The summed E-state index contributed by atoms with van der Waals surface area (Å²) in [6, 6.07) is 0. The molecule has 58 valence electrons. The predicted molar refractivity (Wildman–Crippen MR) is 42.8 cm³/mol. The summed E-state index contributed by atoms with van der Waals surface area (Å²) in [4.78, 5) is 0. The molecule has 1 N–H and O–H groups in total. The van der Waals surface area contributed by atoms with Crippen LogP contribution in [-0.4, -0.2) is 10.7 Å². The van der Waals surface area contributed by atoms with Crippen molar-refractivity contribution in [1.82, 2.24) is 0 Å². The highest BCUT2D eigenvalue weighted by molar-refractivity contribution is 5.00. The second kappa shape index (κ2) is 3.20. The molecule has 1 heteroatoms. The first-order chi connectivity index (χ1) is 4.77. The van der Waals surface area contributed by atoms with E-state index in [0.29, 0.717) is 0 Å². The van der Waals surface area contributed by atoms with Gasteiger partial charge < -0.3 is 5.11 Å². The third-order valence-electron chi connectivity index (χ3n) is 2.20. The molecule has 0 aromatic rings. The zero-order chi connectivity index (χ0) is 7.45. The lowest BCUT2D eigenvalue weighted by Crippen LogP contribution is -2.28. The van der Waals surface area contributed by atoms with Crippen molar-refractivity contribution in [3.8, 4) is 0 Å². The minimum atomic E-state index is -0.451. The second-order valence-electron chi connectivity index (χ2n) is 3.16. The van der Waals surface area contributed by atoms with E-state index in [2.05, 4.69) is 0 Å². The Morgan fingerprint density at radius 3 is 2.30 bits per heavy atom. The van der Waals surface area contributed by atoms with E-state index in [1.54, 1.807) is 0 Å². The van der Waals surface area contributed by atoms with Gasteiger partial charge in [0.1, 0.15) is 0 Å². The quantitative estimate of drug-likeness (QED) is 0.554. The summed E-state index contributed by atoms with van der Waals surface area (Å²) in [7, 11) is 0. The van der Waals surface area contributed by atoms with E-state index >= 15 is 0 Å². The molecule has 0 heterocycles. The minimum absolute atomic E-state index is 0.451. The Balaban J connectivity index is 2.48. The third kappa shape index (κ3) is 1.84. The summed E-state index contributed by atoms with van der Waals surface area (Å²) in [6.07, 6.45) is 9.45. The number of hydrogen-bond donors (Lipinski definition) is 1. The number of allylic oxidation sites excluding steroid dienone is 1. The zero-order valence-corrected chi connectivity index (χ0v) is 6.64. The van der Waals surface area contributed by atoms with Crippen LogP contribution in [0.3, 0.4) is 0 Å². The Bertz CT molecular complexity index is 121. The molecule has 0 atom stereocenters. The van der Waals surface area contributed by atoms with Gasteiger partial charge in [0, 0.05) is 0 Å². The minimum Gasteiger partial charge on any atom is -0.386 e. The highest BCUT2D eigenvalue weighted by Gasteiger charge is 2.25. The summed E-state index contributed by atoms with van der Waals surface area (Å²) in [6.45, 7) is 1.96. The molecular weight excluding hydrogens is 124 g/mol. The van der Waals surface area contributed by atoms with Gasteiger partial charge in [0.05, 0.1) is 5.60 Å². The van der Waals surface area contributed by atoms with Crippen molar-refractivity contribution in [3.63, 3.8) is 0 Å². The van der Waals surface area contributed by atoms with E-state index < -0.39 is 5.60 Å². The van der Waals surface area contributed by atoms with Gasteiger partial charge in [-0.2, -0.15) is 0 Å². The van der Waals surface area contributed by atoms with Crippen LogP contribution in [0.2, 0.25) is 0 Å². The highest BCUT2D eigenvalue weighted by atomic mass is 16.3. The SMILES string of the molecule is C/C=C/C1(O)CCCCC1. The normalized spacial score (nSPS) is 25.4. The summed E-state index contributed by atoms with van der Waals surface area (Å²) in [5.74, 6) is 0. The van der Waals surface area contributed by atoms with Crippen LogP contribution < -0.4 is 0 Å². The first-order valence-electron chi connectivity index (χ1n) is 4.13. The first kappa shape index (κ1) is 7.80. The molecule has 1 saturated carbocycles. The molecule has 1 aliphatic rings. The predicted octanol–water partition coefficient (Wildman–Crippen LogP) is 2.26. The monoisotopic (exact) mass is 140 g/mol. The molecule has 1 rings (SSSR count). The van der Waals surface area contributed by atoms with Gasteiger partial charge in [0.2, 0.25) is 0 Å². The van der Waals surface area contributed by atoms with E-state index in [9.17, 15) is 5.11 Å². The van der Waals surface area contributed by atoms with Crippen molar-refractivity contribution < 1.29 is 5.11 Å². The van der Waals surface area contributed by atoms with Gasteiger partial charge in [0.15, 0.2) is 0 Å². The number of rotatable bonds is 1. The number of aliphatic hydroxyl groups is 1. The molecule has 0 aromatic heterocycles. The topological polar surface area (TPSA) is 20.2 Å². The molecule has 0 amide bonds. The zero-order valence-electron chi connectivity index (χ0n) is 6.64. The highest BCUT2D eigenvalue weighted by Crippen LogP contribution is 2.28. The molecule has 0 spiro atoms. The van der Waals surface area contributed by atoms with Gasteiger partial charge in [-0.3, -0.25) is 0 Å². The van der Waals surface area contributed by atoms with Crippen LogP contribution in [0.25, 0.3) is 0 Å². The van der Waals surface area contributed by atoms with Crippen molar-refractivity contribution in [2.24, 2.45) is 0 Å². The smallest absolute Gasteiger partial charge is 0.0827 e. The first-order valence-corrected chi connectivity index (χ1v) is 4.13. The molecule has 0 aliphatic heterocycles. The molecule has 0 unspecified atom stereocenters. The van der Waals surface area contributed by atoms with Crippen molar-refractivity contribution in [2.45, 2.75) is 44.6 Å². The molecule has 0 saturated heterocycles. The van der Waals surface area contributed by atoms with Crippen molar-refractivity contribution in [3.05, 3.63) is 12.2 Å². The summed E-state index contributed by atoms with van der Waals surface area (Å²) in [5.41, 5.74) is -0.451. The third-order valence-corrected chi connectivity index (χ3v) is 2.20. The Labute approximate surface area is 62.8 Å². The maximum atomic E-state index is 9.78. The lowest BCUT2D eigenvalue weighted by Gasteiger charge is -2.28. The molecule has 1 fully saturated rings. The van der Waals surface area contributed by atoms with Crippen LogP contribution in [-0.2, 0) is 0 Å². The summed E-state index contributed by atoms with van der Waals surface area (Å²) in [5, 5.41) is 9.78. The average molecular weight is 140 g/mol. The molecule has 0 radical (unpaired) electrons. The fourth-order valence-corrected chi connectivity index (χ4v) is 1.64. The summed E-state index contributed by atoms with van der Waals surface area (Å²) < 4.78 is 0. The van der Waals surface area contributed by atoms with Crippen LogP contribution in [0.5, 0.6) is 0 Å². The molecule has 1 nitrogen and oxygen atoms in total.